The number of halogens is 3. The van der Waals surface area contributed by atoms with Crippen molar-refractivity contribution >= 4 is 63.6 Å². The summed E-state index contributed by atoms with van der Waals surface area (Å²) >= 11 is 6.01. The molecule has 17 nitrogen and oxygen atoms in total. The standard InChI is InChI=1S/C21H17FN6O2.C15H13ClFN3O2.C5H4N4/c1-23-18-10-24-9-13(26-18)7-12-8-16(19-17(25-12)11-28(2)21(19)29)27-15-6-4-5-14(22)20(15)30-3;1-20-7-11-13(15(20)21)10(6-12(16)19-11)18-9-5-3-4-8(17)14(9)22-2;1-7-5-3-8-2-4(6)9-5/h4-6,8-10H,7,11H2,2-3H3,(H,25,27);3-6H,7H2,1-2H3,(H,18,19);2-3H,(H2,6,9). The van der Waals surface area contributed by atoms with Crippen molar-refractivity contribution in [3.63, 3.8) is 0 Å². The van der Waals surface area contributed by atoms with Crippen LogP contribution in [0, 0.1) is 24.8 Å². The molecule has 0 bridgehead atoms. The number of anilines is 5. The highest BCUT2D eigenvalue weighted by Gasteiger charge is 2.31. The smallest absolute Gasteiger partial charge is 0.290 e. The maximum Gasteiger partial charge on any atom is 0.290 e. The van der Waals surface area contributed by atoms with Gasteiger partial charge in [0.1, 0.15) is 5.15 Å². The first-order chi connectivity index (χ1) is 29.3. The summed E-state index contributed by atoms with van der Waals surface area (Å²) in [6.07, 6.45) is 6.06. The maximum atomic E-state index is 14.1. The Labute approximate surface area is 352 Å². The van der Waals surface area contributed by atoms with Crippen molar-refractivity contribution in [3.05, 3.63) is 147 Å². The number of nitrogens with one attached hydrogen (secondary N) is 2. The number of hydrogen-bond donors (Lipinski definition) is 3. The van der Waals surface area contributed by atoms with Crippen molar-refractivity contribution < 1.29 is 27.8 Å². The number of carbonyl (C=O) groups excluding carboxylic acids is 2. The first-order valence-corrected chi connectivity index (χ1v) is 18.3. The molecule has 6 heterocycles. The fraction of sp³-hybridized carbons (Fsp3) is 0.171. The first kappa shape index (κ1) is 42.6. The third kappa shape index (κ3) is 9.65. The number of amides is 2. The zero-order valence-electron chi connectivity index (χ0n) is 32.9. The number of pyridine rings is 2. The molecule has 8 rings (SSSR count). The highest BCUT2D eigenvalue weighted by molar-refractivity contribution is 6.30. The van der Waals surface area contributed by atoms with Crippen molar-refractivity contribution in [2.45, 2.75) is 19.5 Å². The van der Waals surface area contributed by atoms with Gasteiger partial charge < -0.3 is 45.3 Å². The summed E-state index contributed by atoms with van der Waals surface area (Å²) in [5.74, 6) is -0.489. The number of nitrogens with two attached hydrogens (primary N) is 1. The number of aromatic nitrogens is 6. The molecule has 20 heteroatoms. The second-order valence-corrected chi connectivity index (χ2v) is 13.5. The number of fused-ring (bicyclic) bond motifs is 2. The molecule has 0 atom stereocenters. The summed E-state index contributed by atoms with van der Waals surface area (Å²) in [4.78, 5) is 58.7. The predicted molar refractivity (Wildman–Crippen MR) is 221 cm³/mol. The number of rotatable bonds is 8. The molecule has 308 valence electrons. The van der Waals surface area contributed by atoms with Crippen LogP contribution in [0.5, 0.6) is 11.5 Å². The summed E-state index contributed by atoms with van der Waals surface area (Å²) in [6, 6.07) is 12.3. The van der Waals surface area contributed by atoms with Gasteiger partial charge in [0, 0.05) is 14.1 Å². The molecule has 0 aliphatic carbocycles. The lowest BCUT2D eigenvalue weighted by Gasteiger charge is -2.15. The van der Waals surface area contributed by atoms with Crippen LogP contribution in [0.15, 0.2) is 73.3 Å². The Hall–Kier alpha value is -8.03. The van der Waals surface area contributed by atoms with Crippen molar-refractivity contribution in [2.24, 2.45) is 0 Å². The quantitative estimate of drug-likeness (QED) is 0.102. The third-order valence-electron chi connectivity index (χ3n) is 8.89. The van der Waals surface area contributed by atoms with Crippen LogP contribution in [0.2, 0.25) is 5.15 Å². The van der Waals surface area contributed by atoms with Gasteiger partial charge in [-0.15, -0.1) is 4.98 Å². The number of carbonyl (C=O) groups is 2. The van der Waals surface area contributed by atoms with Gasteiger partial charge in [0.2, 0.25) is 5.82 Å². The topological polar surface area (TPSA) is 195 Å². The second kappa shape index (κ2) is 18.7. The van der Waals surface area contributed by atoms with Crippen LogP contribution in [0.3, 0.4) is 0 Å². The van der Waals surface area contributed by atoms with Gasteiger partial charge in [-0.25, -0.2) is 13.8 Å². The lowest BCUT2D eigenvalue weighted by Crippen LogP contribution is -2.18. The van der Waals surface area contributed by atoms with Crippen LogP contribution in [-0.2, 0) is 19.5 Å². The van der Waals surface area contributed by atoms with Gasteiger partial charge in [0.05, 0.1) is 109 Å². The number of para-hydroxylation sites is 2. The Kier molecular flexibility index (Phi) is 13.1. The monoisotopic (exact) mass is 845 g/mol. The third-order valence-corrected chi connectivity index (χ3v) is 9.08. The normalized spacial score (nSPS) is 12.1. The minimum Gasteiger partial charge on any atom is -0.492 e. The molecule has 6 aromatic rings. The number of ether oxygens (including phenoxy) is 2. The Morgan fingerprint density at radius 1 is 0.721 bits per heavy atom. The number of nitrogens with zero attached hydrogens (tertiary/aromatic N) is 10. The number of benzene rings is 2. The molecule has 4 aromatic heterocycles. The number of nitrogen functional groups attached to an aromatic ring is 1. The van der Waals surface area contributed by atoms with Crippen molar-refractivity contribution in [1.82, 2.24) is 39.7 Å². The van der Waals surface area contributed by atoms with Gasteiger partial charge in [0.15, 0.2) is 28.8 Å². The largest absolute Gasteiger partial charge is 0.492 e. The maximum absolute atomic E-state index is 14.1. The fourth-order valence-electron chi connectivity index (χ4n) is 6.25. The zero-order chi connectivity index (χ0) is 43.8. The van der Waals surface area contributed by atoms with Crippen LogP contribution in [0.4, 0.5) is 49.0 Å². The number of hydrogen-bond acceptors (Lipinski definition) is 13. The van der Waals surface area contributed by atoms with Gasteiger partial charge in [-0.1, -0.05) is 41.9 Å². The molecule has 61 heavy (non-hydrogen) atoms. The van der Waals surface area contributed by atoms with Crippen molar-refractivity contribution in [1.29, 1.82) is 0 Å². The van der Waals surface area contributed by atoms with Crippen LogP contribution < -0.4 is 25.8 Å². The van der Waals surface area contributed by atoms with E-state index in [0.717, 1.165) is 0 Å². The average molecular weight is 846 g/mol. The Morgan fingerprint density at radius 3 is 1.74 bits per heavy atom. The molecular weight excluding hydrogens is 812 g/mol. The van der Waals surface area contributed by atoms with Crippen LogP contribution in [0.1, 0.15) is 43.5 Å². The molecule has 2 amide bonds. The summed E-state index contributed by atoms with van der Waals surface area (Å²) in [5, 5.41) is 6.41. The molecule has 2 aromatic carbocycles. The SMILES string of the molecule is COc1c(F)cccc1Nc1cc(Cl)nc2c1C(=O)N(C)C2.[C-]#[N+]c1cncc(Cc2cc(Nc3cccc(F)c3OC)c3c(n2)CN(C)C3=O)n1.[C-]#[N+]c1cncc(N)n1. The van der Waals surface area contributed by atoms with E-state index in [2.05, 4.69) is 50.2 Å². The first-order valence-electron chi connectivity index (χ1n) is 17.9. The van der Waals surface area contributed by atoms with E-state index >= 15 is 0 Å². The Morgan fingerprint density at radius 2 is 1.23 bits per heavy atom. The summed E-state index contributed by atoms with van der Waals surface area (Å²) in [7, 11) is 6.14. The lowest BCUT2D eigenvalue weighted by molar-refractivity contribution is 0.0809. The molecule has 0 saturated heterocycles. The molecule has 0 radical (unpaired) electrons. The highest BCUT2D eigenvalue weighted by Crippen LogP contribution is 2.37. The van der Waals surface area contributed by atoms with E-state index < -0.39 is 11.6 Å². The van der Waals surface area contributed by atoms with Gasteiger partial charge in [-0.2, -0.15) is 0 Å². The average Bonchev–Trinajstić information content (AvgIpc) is 3.69. The highest BCUT2D eigenvalue weighted by atomic mass is 35.5. The number of methoxy groups -OCH3 is 2. The molecule has 2 aliphatic heterocycles. The molecule has 4 N–H and O–H groups in total. The van der Waals surface area contributed by atoms with Crippen molar-refractivity contribution in [3.8, 4) is 11.5 Å². The van der Waals surface area contributed by atoms with E-state index in [1.165, 1.54) is 44.9 Å². The van der Waals surface area contributed by atoms with E-state index in [9.17, 15) is 18.4 Å². The Bertz CT molecular complexity index is 2750. The molecule has 0 unspecified atom stereocenters. The van der Waals surface area contributed by atoms with Gasteiger partial charge in [-0.3, -0.25) is 24.5 Å². The van der Waals surface area contributed by atoms with Gasteiger partial charge in [-0.05, 0) is 36.4 Å². The van der Waals surface area contributed by atoms with Gasteiger partial charge in [0.25, 0.3) is 23.5 Å². The minimum atomic E-state index is -0.511. The van der Waals surface area contributed by atoms with Crippen LogP contribution in [-0.4, -0.2) is 79.8 Å². The van der Waals surface area contributed by atoms with Crippen LogP contribution in [0.25, 0.3) is 9.69 Å². The van der Waals surface area contributed by atoms with E-state index in [-0.39, 0.29) is 45.9 Å². The molecule has 2 aliphatic rings. The van der Waals surface area contributed by atoms with Gasteiger partial charge >= 0.3 is 0 Å². The lowest BCUT2D eigenvalue weighted by atomic mass is 10.1. The predicted octanol–water partition coefficient (Wildman–Crippen LogP) is 7.31. The molecule has 0 fully saturated rings. The minimum absolute atomic E-state index is 0.0547. The van der Waals surface area contributed by atoms with E-state index in [1.54, 1.807) is 66.5 Å². The second-order valence-electron chi connectivity index (χ2n) is 13.1. The van der Waals surface area contributed by atoms with E-state index in [4.69, 9.17) is 40.0 Å². The van der Waals surface area contributed by atoms with E-state index in [0.29, 0.717) is 76.2 Å². The zero-order valence-corrected chi connectivity index (χ0v) is 33.6. The summed E-state index contributed by atoms with van der Waals surface area (Å²) in [6.45, 7) is 14.4. The van der Waals surface area contributed by atoms with E-state index in [1.807, 2.05) is 0 Å². The molecule has 0 saturated carbocycles. The molecule has 0 spiro atoms. The summed E-state index contributed by atoms with van der Waals surface area (Å²) in [5.41, 5.74) is 10.3. The van der Waals surface area contributed by atoms with Crippen molar-refractivity contribution in [2.75, 3.05) is 44.7 Å². The fourth-order valence-corrected chi connectivity index (χ4v) is 6.46. The summed E-state index contributed by atoms with van der Waals surface area (Å²) < 4.78 is 38.1. The molecular formula is C41H34ClF2N13O4. The Balaban J connectivity index is 0.000000175. The van der Waals surface area contributed by atoms with Crippen LogP contribution >= 0.6 is 11.6 Å².